The van der Waals surface area contributed by atoms with Crippen molar-refractivity contribution in [3.8, 4) is 0 Å². The molecule has 0 aliphatic carbocycles. The first kappa shape index (κ1) is 11.5. The monoisotopic (exact) mass is 241 g/mol. The molecule has 0 aromatic carbocycles. The maximum atomic E-state index is 11.3. The van der Waals surface area contributed by atoms with Gasteiger partial charge in [-0.05, 0) is 36.5 Å². The van der Waals surface area contributed by atoms with Crippen LogP contribution in [0.25, 0.3) is 0 Å². The van der Waals surface area contributed by atoms with E-state index in [0.717, 1.165) is 17.3 Å². The van der Waals surface area contributed by atoms with Gasteiger partial charge in [0.25, 0.3) is 0 Å². The number of hydrogen-bond acceptors (Lipinski definition) is 4. The normalized spacial score (nSPS) is 19.5. The second-order valence-electron chi connectivity index (χ2n) is 3.93. The number of aliphatic carboxylic acids is 1. The number of carboxylic acids is 1. The van der Waals surface area contributed by atoms with Gasteiger partial charge in [0.05, 0.1) is 12.8 Å². The number of carbonyl (C=O) groups is 1. The van der Waals surface area contributed by atoms with E-state index < -0.39 is 11.5 Å². The molecule has 4 nitrogen and oxygen atoms in total. The summed E-state index contributed by atoms with van der Waals surface area (Å²) in [7, 11) is 0. The zero-order valence-electron chi connectivity index (χ0n) is 8.94. The highest BCUT2D eigenvalue weighted by Crippen LogP contribution is 2.27. The average molecular weight is 241 g/mol. The Morgan fingerprint density at radius 3 is 2.88 bits per heavy atom. The van der Waals surface area contributed by atoms with E-state index >= 15 is 0 Å². The molecule has 0 bridgehead atoms. The lowest BCUT2D eigenvalue weighted by Crippen LogP contribution is -2.53. The highest BCUT2D eigenvalue weighted by atomic mass is 32.2. The van der Waals surface area contributed by atoms with Crippen LogP contribution in [0.5, 0.6) is 0 Å². The maximum Gasteiger partial charge on any atom is 0.323 e. The molecule has 88 valence electrons. The van der Waals surface area contributed by atoms with Crippen LogP contribution in [0.2, 0.25) is 0 Å². The molecule has 2 rings (SSSR count). The van der Waals surface area contributed by atoms with Crippen molar-refractivity contribution in [2.75, 3.05) is 11.5 Å². The third-order valence-electron chi connectivity index (χ3n) is 2.94. The number of furan rings is 1. The van der Waals surface area contributed by atoms with Crippen LogP contribution in [-0.2, 0) is 11.3 Å². The molecule has 2 N–H and O–H groups in total. The van der Waals surface area contributed by atoms with Crippen molar-refractivity contribution in [2.24, 2.45) is 0 Å². The van der Waals surface area contributed by atoms with Crippen LogP contribution in [0, 0.1) is 0 Å². The molecule has 1 aliphatic heterocycles. The smallest absolute Gasteiger partial charge is 0.323 e. The van der Waals surface area contributed by atoms with Crippen LogP contribution < -0.4 is 5.32 Å². The van der Waals surface area contributed by atoms with Gasteiger partial charge in [0.2, 0.25) is 0 Å². The topological polar surface area (TPSA) is 62.5 Å². The third kappa shape index (κ3) is 2.41. The van der Waals surface area contributed by atoms with Crippen LogP contribution in [0.1, 0.15) is 18.6 Å². The first-order chi connectivity index (χ1) is 7.73. The highest BCUT2D eigenvalue weighted by Gasteiger charge is 2.39. The van der Waals surface area contributed by atoms with Crippen LogP contribution in [0.3, 0.4) is 0 Å². The molecule has 5 heteroatoms. The number of carboxylic acid groups (broad SMARTS) is 1. The summed E-state index contributed by atoms with van der Waals surface area (Å²) in [6.07, 6.45) is 2.95. The van der Waals surface area contributed by atoms with E-state index in [0.29, 0.717) is 19.4 Å². The van der Waals surface area contributed by atoms with Crippen molar-refractivity contribution in [3.05, 3.63) is 24.2 Å². The molecule has 0 spiro atoms. The van der Waals surface area contributed by atoms with Gasteiger partial charge in [0.1, 0.15) is 11.3 Å². The summed E-state index contributed by atoms with van der Waals surface area (Å²) in [5.41, 5.74) is -0.766. The van der Waals surface area contributed by atoms with Gasteiger partial charge in [0, 0.05) is 0 Å². The Balaban J connectivity index is 2.00. The standard InChI is InChI=1S/C11H15NO3S/c13-10(14)11(3-6-16-7-4-11)12-8-9-2-1-5-15-9/h1-2,5,12H,3-4,6-8H2,(H,13,14). The Morgan fingerprint density at radius 2 is 2.31 bits per heavy atom. The summed E-state index contributed by atoms with van der Waals surface area (Å²) < 4.78 is 5.19. The molecule has 1 fully saturated rings. The van der Waals surface area contributed by atoms with Crippen LogP contribution in [0.4, 0.5) is 0 Å². The number of nitrogens with one attached hydrogen (secondary N) is 1. The quantitative estimate of drug-likeness (QED) is 0.840. The summed E-state index contributed by atoms with van der Waals surface area (Å²) >= 11 is 1.81. The largest absolute Gasteiger partial charge is 0.480 e. The van der Waals surface area contributed by atoms with Crippen LogP contribution in [-0.4, -0.2) is 28.1 Å². The first-order valence-corrected chi connectivity index (χ1v) is 6.47. The fourth-order valence-corrected chi connectivity index (χ4v) is 3.05. The second kappa shape index (κ2) is 4.93. The fourth-order valence-electron chi connectivity index (χ4n) is 1.86. The summed E-state index contributed by atoms with van der Waals surface area (Å²) in [6, 6.07) is 3.65. The van der Waals surface area contributed by atoms with Crippen LogP contribution >= 0.6 is 11.8 Å². The first-order valence-electron chi connectivity index (χ1n) is 5.31. The van der Waals surface area contributed by atoms with Gasteiger partial charge in [-0.15, -0.1) is 0 Å². The number of hydrogen-bond donors (Lipinski definition) is 2. The van der Waals surface area contributed by atoms with Gasteiger partial charge < -0.3 is 9.52 Å². The Kier molecular flexibility index (Phi) is 3.56. The lowest BCUT2D eigenvalue weighted by molar-refractivity contribution is -0.145. The molecule has 0 amide bonds. The molecule has 1 aromatic heterocycles. The van der Waals surface area contributed by atoms with Gasteiger partial charge in [-0.3, -0.25) is 10.1 Å². The van der Waals surface area contributed by atoms with E-state index in [1.165, 1.54) is 0 Å². The molecular weight excluding hydrogens is 226 g/mol. The molecule has 0 unspecified atom stereocenters. The van der Waals surface area contributed by atoms with E-state index in [1.54, 1.807) is 12.3 Å². The van der Waals surface area contributed by atoms with Gasteiger partial charge in [0.15, 0.2) is 0 Å². The van der Waals surface area contributed by atoms with Crippen molar-refractivity contribution < 1.29 is 14.3 Å². The molecule has 1 saturated heterocycles. The van der Waals surface area contributed by atoms with E-state index in [4.69, 9.17) is 4.42 Å². The van der Waals surface area contributed by atoms with Gasteiger partial charge in [-0.1, -0.05) is 0 Å². The Bertz CT molecular complexity index is 344. The summed E-state index contributed by atoms with van der Waals surface area (Å²) in [5, 5.41) is 12.4. The average Bonchev–Trinajstić information content (AvgIpc) is 2.80. The predicted octanol–water partition coefficient (Wildman–Crippen LogP) is 1.72. The van der Waals surface area contributed by atoms with E-state index in [1.807, 2.05) is 17.8 Å². The third-order valence-corrected chi connectivity index (χ3v) is 3.92. The minimum Gasteiger partial charge on any atom is -0.480 e. The molecule has 0 saturated carbocycles. The van der Waals surface area contributed by atoms with Crippen molar-refractivity contribution in [3.63, 3.8) is 0 Å². The fraction of sp³-hybridized carbons (Fsp3) is 0.545. The van der Waals surface area contributed by atoms with E-state index in [-0.39, 0.29) is 0 Å². The Labute approximate surface area is 98.4 Å². The lowest BCUT2D eigenvalue weighted by Gasteiger charge is -2.33. The van der Waals surface area contributed by atoms with Gasteiger partial charge in [-0.25, -0.2) is 0 Å². The van der Waals surface area contributed by atoms with Crippen LogP contribution in [0.15, 0.2) is 22.8 Å². The van der Waals surface area contributed by atoms with E-state index in [9.17, 15) is 9.90 Å². The molecule has 0 atom stereocenters. The van der Waals surface area contributed by atoms with Gasteiger partial charge in [-0.2, -0.15) is 11.8 Å². The minimum absolute atomic E-state index is 0.476. The molecule has 1 aromatic rings. The molecule has 16 heavy (non-hydrogen) atoms. The predicted molar refractivity (Wildman–Crippen MR) is 62.5 cm³/mol. The summed E-state index contributed by atoms with van der Waals surface area (Å²) in [5.74, 6) is 1.83. The minimum atomic E-state index is -0.766. The van der Waals surface area contributed by atoms with Crippen molar-refractivity contribution in [1.29, 1.82) is 0 Å². The summed E-state index contributed by atoms with van der Waals surface area (Å²) in [4.78, 5) is 11.3. The molecule has 0 radical (unpaired) electrons. The zero-order chi connectivity index (χ0) is 11.4. The van der Waals surface area contributed by atoms with E-state index in [2.05, 4.69) is 5.32 Å². The van der Waals surface area contributed by atoms with Crippen molar-refractivity contribution in [2.45, 2.75) is 24.9 Å². The van der Waals surface area contributed by atoms with Crippen molar-refractivity contribution >= 4 is 17.7 Å². The highest BCUT2D eigenvalue weighted by molar-refractivity contribution is 7.99. The molecular formula is C11H15NO3S. The lowest BCUT2D eigenvalue weighted by atomic mass is 9.92. The van der Waals surface area contributed by atoms with Gasteiger partial charge >= 0.3 is 5.97 Å². The SMILES string of the molecule is O=C(O)C1(NCc2ccco2)CCSCC1. The molecule has 1 aliphatic rings. The maximum absolute atomic E-state index is 11.3. The summed E-state index contributed by atoms with van der Waals surface area (Å²) in [6.45, 7) is 0.476. The number of thioether (sulfide) groups is 1. The second-order valence-corrected chi connectivity index (χ2v) is 5.16. The Morgan fingerprint density at radius 1 is 1.56 bits per heavy atom. The number of rotatable bonds is 4. The Hall–Kier alpha value is -0.940. The zero-order valence-corrected chi connectivity index (χ0v) is 9.76. The van der Waals surface area contributed by atoms with Crippen molar-refractivity contribution in [1.82, 2.24) is 5.32 Å². The molecule has 2 heterocycles.